The first-order valence-electron chi connectivity index (χ1n) is 12.0. The van der Waals surface area contributed by atoms with Gasteiger partial charge in [-0.25, -0.2) is 14.3 Å². The van der Waals surface area contributed by atoms with Crippen LogP contribution in [0, 0.1) is 0 Å². The van der Waals surface area contributed by atoms with Crippen molar-refractivity contribution in [3.63, 3.8) is 0 Å². The van der Waals surface area contributed by atoms with E-state index in [1.165, 1.54) is 39.0 Å². The molecule has 1 unspecified atom stereocenters. The fourth-order valence-corrected chi connectivity index (χ4v) is 4.60. The Hall–Kier alpha value is -3.77. The lowest BCUT2D eigenvalue weighted by molar-refractivity contribution is -0.260. The molecule has 0 amide bonds. The number of aliphatic hydroxyl groups is 1. The van der Waals surface area contributed by atoms with E-state index in [-0.39, 0.29) is 34.3 Å². The van der Waals surface area contributed by atoms with Crippen molar-refractivity contribution in [2.75, 3.05) is 11.9 Å². The molecule has 1 saturated carbocycles. The number of anilines is 2. The van der Waals surface area contributed by atoms with Crippen LogP contribution in [0.3, 0.4) is 0 Å². The molecule has 4 heterocycles. The number of hydrogen-bond acceptors (Lipinski definition) is 7. The van der Waals surface area contributed by atoms with E-state index in [0.29, 0.717) is 6.92 Å². The number of nitrogens with one attached hydrogen (secondary N) is 2. The molecule has 0 spiro atoms. The van der Waals surface area contributed by atoms with Crippen LogP contribution >= 0.6 is 0 Å². The SMILES string of the molecule is CC(O)(c1cc(-n2c3nc(Nc4ccc5c(c4)CCNC5)ncc3c(=O)n2C2CC2)ccn1)C(F)(F)F. The highest BCUT2D eigenvalue weighted by Gasteiger charge is 2.52. The third kappa shape index (κ3) is 4.05. The fraction of sp³-hybridized carbons (Fsp3) is 0.360. The Bertz CT molecular complexity index is 1570. The van der Waals surface area contributed by atoms with Crippen molar-refractivity contribution >= 4 is 22.7 Å². The van der Waals surface area contributed by atoms with E-state index in [1.54, 1.807) is 0 Å². The fourth-order valence-electron chi connectivity index (χ4n) is 4.60. The maximum atomic E-state index is 13.5. The molecular formula is C25H24F3N7O2. The first-order valence-corrected chi connectivity index (χ1v) is 12.0. The highest BCUT2D eigenvalue weighted by atomic mass is 19.4. The molecule has 1 aliphatic heterocycles. The molecule has 6 rings (SSSR count). The van der Waals surface area contributed by atoms with Crippen LogP contribution in [-0.4, -0.2) is 42.1 Å². The number of fused-ring (bicyclic) bond motifs is 2. The van der Waals surface area contributed by atoms with E-state index in [9.17, 15) is 23.1 Å². The first kappa shape index (κ1) is 23.6. The van der Waals surface area contributed by atoms with E-state index in [0.717, 1.165) is 44.1 Å². The second kappa shape index (κ2) is 8.38. The minimum absolute atomic E-state index is 0.105. The minimum Gasteiger partial charge on any atom is -0.375 e. The quantitative estimate of drug-likeness (QED) is 0.376. The summed E-state index contributed by atoms with van der Waals surface area (Å²) in [6, 6.07) is 8.52. The molecule has 1 aromatic carbocycles. The average Bonchev–Trinajstić information content (AvgIpc) is 3.67. The van der Waals surface area contributed by atoms with Gasteiger partial charge >= 0.3 is 6.18 Å². The maximum absolute atomic E-state index is 13.5. The van der Waals surface area contributed by atoms with Gasteiger partial charge in [0.1, 0.15) is 5.39 Å². The normalized spacial score (nSPS) is 17.4. The van der Waals surface area contributed by atoms with Gasteiger partial charge < -0.3 is 15.7 Å². The number of rotatable bonds is 5. The summed E-state index contributed by atoms with van der Waals surface area (Å²) in [4.78, 5) is 26.0. The number of alkyl halides is 3. The van der Waals surface area contributed by atoms with Crippen LogP contribution in [0.1, 0.15) is 42.6 Å². The number of aromatic nitrogens is 5. The van der Waals surface area contributed by atoms with Gasteiger partial charge in [-0.1, -0.05) is 6.07 Å². The van der Waals surface area contributed by atoms with Crippen LogP contribution in [0.4, 0.5) is 24.8 Å². The molecule has 1 aliphatic carbocycles. The second-order valence-electron chi connectivity index (χ2n) is 9.63. The molecular weight excluding hydrogens is 487 g/mol. The zero-order valence-corrected chi connectivity index (χ0v) is 19.9. The number of nitrogens with zero attached hydrogens (tertiary/aromatic N) is 5. The highest BCUT2D eigenvalue weighted by molar-refractivity contribution is 5.77. The Kier molecular flexibility index (Phi) is 5.35. The van der Waals surface area contributed by atoms with E-state index in [1.807, 2.05) is 18.2 Å². The predicted molar refractivity (Wildman–Crippen MR) is 130 cm³/mol. The Morgan fingerprint density at radius 2 is 1.95 bits per heavy atom. The van der Waals surface area contributed by atoms with Gasteiger partial charge in [-0.3, -0.25) is 9.78 Å². The Morgan fingerprint density at radius 1 is 1.14 bits per heavy atom. The van der Waals surface area contributed by atoms with Gasteiger partial charge in [0, 0.05) is 24.6 Å². The van der Waals surface area contributed by atoms with Gasteiger partial charge in [0.2, 0.25) is 5.95 Å². The molecule has 3 N–H and O–H groups in total. The number of pyridine rings is 1. The van der Waals surface area contributed by atoms with Gasteiger partial charge in [0.15, 0.2) is 11.2 Å². The van der Waals surface area contributed by atoms with Gasteiger partial charge in [0.25, 0.3) is 5.56 Å². The maximum Gasteiger partial charge on any atom is 0.422 e. The third-order valence-electron chi connectivity index (χ3n) is 6.90. The Labute approximate surface area is 209 Å². The van der Waals surface area contributed by atoms with Crippen LogP contribution < -0.4 is 16.2 Å². The van der Waals surface area contributed by atoms with Crippen LogP contribution in [-0.2, 0) is 18.6 Å². The van der Waals surface area contributed by atoms with Gasteiger partial charge in [-0.15, -0.1) is 0 Å². The van der Waals surface area contributed by atoms with E-state index >= 15 is 0 Å². The van der Waals surface area contributed by atoms with Crippen molar-refractivity contribution in [1.82, 2.24) is 29.6 Å². The van der Waals surface area contributed by atoms with Crippen molar-refractivity contribution < 1.29 is 18.3 Å². The number of hydrogen-bond donors (Lipinski definition) is 3. The summed E-state index contributed by atoms with van der Waals surface area (Å²) in [6.45, 7) is 2.36. The summed E-state index contributed by atoms with van der Waals surface area (Å²) >= 11 is 0. The molecule has 192 valence electrons. The molecule has 1 fully saturated rings. The van der Waals surface area contributed by atoms with Crippen molar-refractivity contribution in [2.45, 2.75) is 50.6 Å². The van der Waals surface area contributed by atoms with Gasteiger partial charge in [-0.05, 0) is 68.1 Å². The number of benzene rings is 1. The summed E-state index contributed by atoms with van der Waals surface area (Å²) in [5.74, 6) is 0.250. The molecule has 9 nitrogen and oxygen atoms in total. The van der Waals surface area contributed by atoms with E-state index in [4.69, 9.17) is 0 Å². The van der Waals surface area contributed by atoms with E-state index in [2.05, 4.69) is 25.6 Å². The zero-order chi connectivity index (χ0) is 25.9. The first-order chi connectivity index (χ1) is 17.6. The van der Waals surface area contributed by atoms with Crippen molar-refractivity contribution in [1.29, 1.82) is 0 Å². The molecule has 37 heavy (non-hydrogen) atoms. The standard InChI is InChI=1S/C25H24F3N7O2/c1-24(37,25(26,27)28)20-11-18(7-9-30-20)34-21-19(22(36)35(34)17-4-5-17)13-31-23(33-21)32-16-3-2-15-12-29-8-6-14(15)10-16/h2-3,7,9-11,13,17,29,37H,4-6,8,12H2,1H3,(H,31,32,33). The highest BCUT2D eigenvalue weighted by Crippen LogP contribution is 2.39. The van der Waals surface area contributed by atoms with Crippen LogP contribution in [0.2, 0.25) is 0 Å². The lowest BCUT2D eigenvalue weighted by Gasteiger charge is -2.26. The van der Waals surface area contributed by atoms with Crippen LogP contribution in [0.5, 0.6) is 0 Å². The summed E-state index contributed by atoms with van der Waals surface area (Å²) in [6.07, 6.45) is 0.103. The molecule has 0 saturated heterocycles. The smallest absolute Gasteiger partial charge is 0.375 e. The minimum atomic E-state index is -4.93. The summed E-state index contributed by atoms with van der Waals surface area (Å²) < 4.78 is 43.5. The second-order valence-corrected chi connectivity index (χ2v) is 9.63. The Morgan fingerprint density at radius 3 is 2.70 bits per heavy atom. The monoisotopic (exact) mass is 511 g/mol. The van der Waals surface area contributed by atoms with Crippen LogP contribution in [0.15, 0.2) is 47.5 Å². The molecule has 2 aliphatic rings. The average molecular weight is 512 g/mol. The van der Waals surface area contributed by atoms with Crippen molar-refractivity contribution in [2.24, 2.45) is 0 Å². The predicted octanol–water partition coefficient (Wildman–Crippen LogP) is 3.47. The summed E-state index contributed by atoms with van der Waals surface area (Å²) in [5.41, 5.74) is -0.339. The molecule has 0 radical (unpaired) electrons. The van der Waals surface area contributed by atoms with Gasteiger partial charge in [-0.2, -0.15) is 18.2 Å². The molecule has 12 heteroatoms. The van der Waals surface area contributed by atoms with Gasteiger partial charge in [0.05, 0.1) is 17.4 Å². The van der Waals surface area contributed by atoms with Crippen molar-refractivity contribution in [3.8, 4) is 5.69 Å². The van der Waals surface area contributed by atoms with Crippen molar-refractivity contribution in [3.05, 3.63) is 69.9 Å². The molecule has 3 aromatic heterocycles. The molecule has 0 bridgehead atoms. The summed E-state index contributed by atoms with van der Waals surface area (Å²) in [5, 5.41) is 17.0. The largest absolute Gasteiger partial charge is 0.422 e. The molecule has 4 aromatic rings. The molecule has 1 atom stereocenters. The number of halogens is 3. The topological polar surface area (TPSA) is 110 Å². The summed E-state index contributed by atoms with van der Waals surface area (Å²) in [7, 11) is 0. The lowest BCUT2D eigenvalue weighted by atomic mass is 10.0. The Balaban J connectivity index is 1.46. The lowest BCUT2D eigenvalue weighted by Crippen LogP contribution is -2.40. The zero-order valence-electron chi connectivity index (χ0n) is 19.9. The third-order valence-corrected chi connectivity index (χ3v) is 6.90. The van der Waals surface area contributed by atoms with E-state index < -0.39 is 17.5 Å². The van der Waals surface area contributed by atoms with Crippen LogP contribution in [0.25, 0.3) is 16.7 Å².